The molecule has 0 aromatic heterocycles. The van der Waals surface area contributed by atoms with Gasteiger partial charge in [-0.3, -0.25) is 4.79 Å². The SMILES string of the molecule is CCCCCCCCCCCCCCCCCCCCCCC(O)C(COC1OC(CO)C(OC2OC(CO)C(O)C(O)C2O)C(O)C1O)NC(=O)CCCCCC. The summed E-state index contributed by atoms with van der Waals surface area (Å²) < 4.78 is 22.6. The molecule has 1 amide bonds. The Morgan fingerprint density at radius 3 is 1.47 bits per heavy atom. The molecule has 2 fully saturated rings. The number of unbranched alkanes of at least 4 members (excludes halogenated alkanes) is 22. The number of ether oxygens (including phenoxy) is 4. The fraction of sp³-hybridized carbons (Fsp3) is 0.977. The lowest BCUT2D eigenvalue weighted by atomic mass is 9.97. The van der Waals surface area contributed by atoms with Gasteiger partial charge in [0, 0.05) is 6.42 Å². The Bertz CT molecular complexity index is 993. The molecular formula is C44H85NO13. The molecule has 0 aromatic carbocycles. The number of rotatable bonds is 35. The van der Waals surface area contributed by atoms with Gasteiger partial charge in [0.05, 0.1) is 32.0 Å². The molecule has 2 rings (SSSR count). The van der Waals surface area contributed by atoms with E-state index in [4.69, 9.17) is 18.9 Å². The third kappa shape index (κ3) is 20.7. The van der Waals surface area contributed by atoms with Crippen LogP contribution in [0.2, 0.25) is 0 Å². The Kier molecular flexibility index (Phi) is 29.9. The molecule has 2 aliphatic rings. The standard InChI is InChI=1S/C44H85NO13/c1-3-5-7-9-10-11-12-13-14-15-16-17-18-19-20-21-22-23-24-25-27-33(48)32(45-36(49)28-26-8-6-4-2)31-55-43-41(54)39(52)42(35(30-47)57-43)58-44-40(53)38(51)37(50)34(29-46)56-44/h32-35,37-44,46-48,50-54H,3-31H2,1-2H3,(H,45,49). The number of hydrogen-bond donors (Lipinski definition) is 9. The van der Waals surface area contributed by atoms with Gasteiger partial charge < -0.3 is 65.1 Å². The van der Waals surface area contributed by atoms with Crippen LogP contribution in [0, 0.1) is 0 Å². The van der Waals surface area contributed by atoms with Crippen molar-refractivity contribution < 1.29 is 64.6 Å². The van der Waals surface area contributed by atoms with Gasteiger partial charge in [-0.05, 0) is 12.8 Å². The zero-order chi connectivity index (χ0) is 42.5. The molecule has 0 radical (unpaired) electrons. The summed E-state index contributed by atoms with van der Waals surface area (Å²) in [5.41, 5.74) is 0. The van der Waals surface area contributed by atoms with Crippen LogP contribution in [0.25, 0.3) is 0 Å². The van der Waals surface area contributed by atoms with E-state index in [1.807, 2.05) is 0 Å². The molecule has 58 heavy (non-hydrogen) atoms. The molecule has 12 atom stereocenters. The van der Waals surface area contributed by atoms with Crippen molar-refractivity contribution >= 4 is 5.91 Å². The van der Waals surface area contributed by atoms with Gasteiger partial charge in [0.2, 0.25) is 5.91 Å². The van der Waals surface area contributed by atoms with E-state index in [-0.39, 0.29) is 12.5 Å². The molecule has 14 heteroatoms. The van der Waals surface area contributed by atoms with Crippen LogP contribution in [-0.4, -0.2) is 140 Å². The van der Waals surface area contributed by atoms with E-state index in [0.717, 1.165) is 44.9 Å². The smallest absolute Gasteiger partial charge is 0.220 e. The van der Waals surface area contributed by atoms with Crippen LogP contribution in [-0.2, 0) is 23.7 Å². The first-order valence-corrected chi connectivity index (χ1v) is 23.3. The van der Waals surface area contributed by atoms with Gasteiger partial charge in [0.15, 0.2) is 12.6 Å². The Labute approximate surface area is 349 Å². The lowest BCUT2D eigenvalue weighted by Crippen LogP contribution is -2.65. The van der Waals surface area contributed by atoms with Gasteiger partial charge in [-0.2, -0.15) is 0 Å². The normalized spacial score (nSPS) is 28.7. The molecule has 0 spiro atoms. The minimum atomic E-state index is -1.78. The van der Waals surface area contributed by atoms with Crippen LogP contribution in [0.4, 0.5) is 0 Å². The lowest BCUT2D eigenvalue weighted by Gasteiger charge is -2.46. The Balaban J connectivity index is 1.74. The summed E-state index contributed by atoms with van der Waals surface area (Å²) in [6.07, 6.45) is 13.3. The summed E-state index contributed by atoms with van der Waals surface area (Å²) in [6.45, 7) is 2.72. The molecule has 9 N–H and O–H groups in total. The maximum absolute atomic E-state index is 12.9. The van der Waals surface area contributed by atoms with Gasteiger partial charge in [0.25, 0.3) is 0 Å². The van der Waals surface area contributed by atoms with Crippen molar-refractivity contribution in [3.8, 4) is 0 Å². The molecule has 0 aliphatic carbocycles. The first-order valence-electron chi connectivity index (χ1n) is 23.3. The molecule has 14 nitrogen and oxygen atoms in total. The summed E-state index contributed by atoms with van der Waals surface area (Å²) in [5.74, 6) is -0.223. The van der Waals surface area contributed by atoms with Crippen LogP contribution >= 0.6 is 0 Å². The molecule has 2 aliphatic heterocycles. The quantitative estimate of drug-likeness (QED) is 0.0397. The van der Waals surface area contributed by atoms with E-state index in [1.54, 1.807) is 0 Å². The maximum Gasteiger partial charge on any atom is 0.220 e. The third-order valence-electron chi connectivity index (χ3n) is 11.8. The van der Waals surface area contributed by atoms with E-state index in [0.29, 0.717) is 19.3 Å². The summed E-state index contributed by atoms with van der Waals surface area (Å²) in [6, 6.07) is -0.817. The monoisotopic (exact) mass is 836 g/mol. The van der Waals surface area contributed by atoms with Gasteiger partial charge in [-0.1, -0.05) is 162 Å². The number of carbonyl (C=O) groups is 1. The third-order valence-corrected chi connectivity index (χ3v) is 11.8. The maximum atomic E-state index is 12.9. The highest BCUT2D eigenvalue weighted by Gasteiger charge is 2.51. The van der Waals surface area contributed by atoms with Gasteiger partial charge in [-0.15, -0.1) is 0 Å². The molecular weight excluding hydrogens is 750 g/mol. The zero-order valence-corrected chi connectivity index (χ0v) is 36.1. The fourth-order valence-corrected chi connectivity index (χ4v) is 7.94. The largest absolute Gasteiger partial charge is 0.394 e. The van der Waals surface area contributed by atoms with E-state index in [1.165, 1.54) is 103 Å². The van der Waals surface area contributed by atoms with Crippen LogP contribution in [0.15, 0.2) is 0 Å². The highest BCUT2D eigenvalue weighted by molar-refractivity contribution is 5.76. The second-order valence-corrected chi connectivity index (χ2v) is 16.9. The van der Waals surface area contributed by atoms with Gasteiger partial charge in [0.1, 0.15) is 48.8 Å². The van der Waals surface area contributed by atoms with Crippen molar-refractivity contribution in [3.05, 3.63) is 0 Å². The number of nitrogens with one attached hydrogen (secondary N) is 1. The number of amides is 1. The number of hydrogen-bond acceptors (Lipinski definition) is 13. The van der Waals surface area contributed by atoms with Crippen molar-refractivity contribution in [2.45, 2.75) is 254 Å². The van der Waals surface area contributed by atoms with Gasteiger partial charge in [-0.25, -0.2) is 0 Å². The summed E-state index contributed by atoms with van der Waals surface area (Å²) in [5, 5.41) is 86.2. The first kappa shape index (κ1) is 53.1. The Hall–Kier alpha value is -1.01. The van der Waals surface area contributed by atoms with Crippen molar-refractivity contribution in [1.29, 1.82) is 0 Å². The first-order chi connectivity index (χ1) is 28.1. The van der Waals surface area contributed by atoms with Crippen molar-refractivity contribution in [3.63, 3.8) is 0 Å². The second kappa shape index (κ2) is 32.7. The Morgan fingerprint density at radius 1 is 0.552 bits per heavy atom. The average Bonchev–Trinajstić information content (AvgIpc) is 3.22. The summed E-state index contributed by atoms with van der Waals surface area (Å²) in [7, 11) is 0. The van der Waals surface area contributed by atoms with Crippen molar-refractivity contribution in [2.75, 3.05) is 19.8 Å². The van der Waals surface area contributed by atoms with E-state index in [9.17, 15) is 45.6 Å². The van der Waals surface area contributed by atoms with Crippen LogP contribution < -0.4 is 5.32 Å². The van der Waals surface area contributed by atoms with Crippen LogP contribution in [0.5, 0.6) is 0 Å². The highest BCUT2D eigenvalue weighted by Crippen LogP contribution is 2.30. The van der Waals surface area contributed by atoms with Crippen LogP contribution in [0.3, 0.4) is 0 Å². The van der Waals surface area contributed by atoms with E-state index >= 15 is 0 Å². The van der Waals surface area contributed by atoms with E-state index < -0.39 is 86.8 Å². The number of carbonyl (C=O) groups excluding carboxylic acids is 1. The molecule has 0 aromatic rings. The number of aliphatic hydroxyl groups is 8. The second-order valence-electron chi connectivity index (χ2n) is 16.9. The minimum absolute atomic E-state index is 0.223. The predicted octanol–water partition coefficient (Wildman–Crippen LogP) is 4.66. The van der Waals surface area contributed by atoms with Crippen molar-refractivity contribution in [2.24, 2.45) is 0 Å². The average molecular weight is 836 g/mol. The zero-order valence-electron chi connectivity index (χ0n) is 36.1. The van der Waals surface area contributed by atoms with Crippen molar-refractivity contribution in [1.82, 2.24) is 5.32 Å². The number of aliphatic hydroxyl groups excluding tert-OH is 8. The lowest BCUT2D eigenvalue weighted by molar-refractivity contribution is -0.359. The van der Waals surface area contributed by atoms with Crippen LogP contribution in [0.1, 0.15) is 181 Å². The predicted molar refractivity (Wildman–Crippen MR) is 222 cm³/mol. The summed E-state index contributed by atoms with van der Waals surface area (Å²) >= 11 is 0. The highest BCUT2D eigenvalue weighted by atomic mass is 16.7. The molecule has 0 saturated carbocycles. The molecule has 2 saturated heterocycles. The summed E-state index contributed by atoms with van der Waals surface area (Å²) in [4.78, 5) is 12.9. The minimum Gasteiger partial charge on any atom is -0.394 e. The van der Waals surface area contributed by atoms with E-state index in [2.05, 4.69) is 19.2 Å². The Morgan fingerprint density at radius 2 is 0.983 bits per heavy atom. The fourth-order valence-electron chi connectivity index (χ4n) is 7.94. The molecule has 0 bridgehead atoms. The molecule has 12 unspecified atom stereocenters. The topological polar surface area (TPSA) is 228 Å². The molecule has 344 valence electrons. The molecule has 2 heterocycles. The van der Waals surface area contributed by atoms with Gasteiger partial charge >= 0.3 is 0 Å².